The lowest BCUT2D eigenvalue weighted by Crippen LogP contribution is -2.33. The van der Waals surface area contributed by atoms with Crippen LogP contribution < -0.4 is 0 Å². The minimum atomic E-state index is -0.222. The van der Waals surface area contributed by atoms with Crippen molar-refractivity contribution in [3.05, 3.63) is 77.5 Å². The molecule has 2 amide bonds. The van der Waals surface area contributed by atoms with Crippen LogP contribution >= 0.6 is 0 Å². The molecule has 0 saturated carbocycles. The third-order valence-electron chi connectivity index (χ3n) is 4.17. The van der Waals surface area contributed by atoms with Crippen molar-refractivity contribution >= 4 is 17.4 Å². The van der Waals surface area contributed by atoms with Crippen LogP contribution in [0.4, 0.5) is 0 Å². The Labute approximate surface area is 142 Å². The molecular weight excluding hydrogens is 300 g/mol. The molecule has 122 valence electrons. The van der Waals surface area contributed by atoms with Crippen LogP contribution in [-0.4, -0.2) is 35.2 Å². The quantitative estimate of drug-likeness (QED) is 0.795. The van der Waals surface area contributed by atoms with Crippen molar-refractivity contribution in [1.29, 1.82) is 0 Å². The second-order valence-electron chi connectivity index (χ2n) is 5.79. The molecule has 0 fully saturated rings. The van der Waals surface area contributed by atoms with Crippen LogP contribution in [-0.2, 0) is 16.1 Å². The van der Waals surface area contributed by atoms with Crippen LogP contribution in [0.5, 0.6) is 0 Å². The Morgan fingerprint density at radius 1 is 0.875 bits per heavy atom. The van der Waals surface area contributed by atoms with Crippen molar-refractivity contribution in [2.45, 2.75) is 13.5 Å². The van der Waals surface area contributed by atoms with Gasteiger partial charge >= 0.3 is 0 Å². The van der Waals surface area contributed by atoms with Gasteiger partial charge in [0.2, 0.25) is 0 Å². The molecule has 0 N–H and O–H groups in total. The molecule has 1 aliphatic rings. The molecule has 1 aliphatic heterocycles. The van der Waals surface area contributed by atoms with Crippen LogP contribution in [0, 0.1) is 0 Å². The average Bonchev–Trinajstić information content (AvgIpc) is 2.86. The fraction of sp³-hybridized carbons (Fsp3) is 0.200. The maximum Gasteiger partial charge on any atom is 0.277 e. The van der Waals surface area contributed by atoms with Crippen molar-refractivity contribution in [3.63, 3.8) is 0 Å². The van der Waals surface area contributed by atoms with Crippen molar-refractivity contribution < 1.29 is 9.59 Å². The minimum Gasteiger partial charge on any atom is -0.365 e. The van der Waals surface area contributed by atoms with Gasteiger partial charge in [0, 0.05) is 20.1 Å². The van der Waals surface area contributed by atoms with Crippen molar-refractivity contribution in [2.75, 3.05) is 13.6 Å². The van der Waals surface area contributed by atoms with Gasteiger partial charge in [-0.05, 0) is 18.1 Å². The van der Waals surface area contributed by atoms with E-state index in [0.29, 0.717) is 24.4 Å². The summed E-state index contributed by atoms with van der Waals surface area (Å²) in [5.41, 5.74) is 2.83. The number of hydrogen-bond acceptors (Lipinski definition) is 3. The smallest absolute Gasteiger partial charge is 0.277 e. The third-order valence-corrected chi connectivity index (χ3v) is 4.17. The van der Waals surface area contributed by atoms with Gasteiger partial charge in [-0.15, -0.1) is 0 Å². The molecule has 2 aromatic carbocycles. The van der Waals surface area contributed by atoms with E-state index in [2.05, 4.69) is 0 Å². The van der Waals surface area contributed by atoms with Crippen molar-refractivity contribution in [3.8, 4) is 0 Å². The zero-order chi connectivity index (χ0) is 17.1. The summed E-state index contributed by atoms with van der Waals surface area (Å²) in [5, 5.41) is 0. The predicted molar refractivity (Wildman–Crippen MR) is 93.7 cm³/mol. The van der Waals surface area contributed by atoms with Gasteiger partial charge in [-0.25, -0.2) is 0 Å². The topological polar surface area (TPSA) is 40.6 Å². The van der Waals surface area contributed by atoms with Gasteiger partial charge in [0.15, 0.2) is 0 Å². The van der Waals surface area contributed by atoms with Gasteiger partial charge in [0.1, 0.15) is 5.70 Å². The molecule has 0 saturated heterocycles. The molecule has 0 unspecified atom stereocenters. The van der Waals surface area contributed by atoms with E-state index in [9.17, 15) is 9.59 Å². The zero-order valence-electron chi connectivity index (χ0n) is 13.9. The lowest BCUT2D eigenvalue weighted by molar-refractivity contribution is -0.137. The Morgan fingerprint density at radius 2 is 1.46 bits per heavy atom. The molecule has 3 rings (SSSR count). The summed E-state index contributed by atoms with van der Waals surface area (Å²) < 4.78 is 0. The second kappa shape index (κ2) is 6.71. The number of imide groups is 1. The molecule has 0 bridgehead atoms. The van der Waals surface area contributed by atoms with Gasteiger partial charge < -0.3 is 4.90 Å². The highest BCUT2D eigenvalue weighted by molar-refractivity contribution is 6.35. The minimum absolute atomic E-state index is 0.219. The molecule has 4 heteroatoms. The third kappa shape index (κ3) is 2.83. The van der Waals surface area contributed by atoms with Crippen LogP contribution in [0.15, 0.2) is 66.4 Å². The number of carbonyl (C=O) groups is 2. The number of benzene rings is 2. The van der Waals surface area contributed by atoms with Crippen LogP contribution in [0.25, 0.3) is 5.57 Å². The maximum absolute atomic E-state index is 12.8. The molecule has 0 aliphatic carbocycles. The highest BCUT2D eigenvalue weighted by Crippen LogP contribution is 2.31. The van der Waals surface area contributed by atoms with E-state index in [1.807, 2.05) is 79.5 Å². The first-order valence-electron chi connectivity index (χ1n) is 8.04. The Morgan fingerprint density at radius 3 is 2.04 bits per heavy atom. The molecule has 0 aromatic heterocycles. The lowest BCUT2D eigenvalue weighted by Gasteiger charge is -2.21. The van der Waals surface area contributed by atoms with Crippen molar-refractivity contribution in [2.24, 2.45) is 0 Å². The number of nitrogens with zero attached hydrogens (tertiary/aromatic N) is 2. The molecule has 1 heterocycles. The highest BCUT2D eigenvalue weighted by Gasteiger charge is 2.39. The van der Waals surface area contributed by atoms with Gasteiger partial charge in [-0.3, -0.25) is 14.5 Å². The van der Waals surface area contributed by atoms with E-state index >= 15 is 0 Å². The molecule has 4 nitrogen and oxygen atoms in total. The Kier molecular flexibility index (Phi) is 4.47. The van der Waals surface area contributed by atoms with Gasteiger partial charge in [0.25, 0.3) is 11.8 Å². The number of carbonyl (C=O) groups excluding carboxylic acids is 2. The number of hydrogen-bond donors (Lipinski definition) is 0. The first-order chi connectivity index (χ1) is 11.6. The van der Waals surface area contributed by atoms with Crippen LogP contribution in [0.1, 0.15) is 18.1 Å². The van der Waals surface area contributed by atoms with Crippen molar-refractivity contribution in [1.82, 2.24) is 9.80 Å². The summed E-state index contributed by atoms with van der Waals surface area (Å²) in [4.78, 5) is 28.7. The molecular formula is C20H20N2O2. The molecule has 24 heavy (non-hydrogen) atoms. The summed E-state index contributed by atoms with van der Waals surface area (Å²) in [6.07, 6.45) is 0. The normalized spacial score (nSPS) is 14.5. The van der Waals surface area contributed by atoms with Gasteiger partial charge in [0.05, 0.1) is 5.57 Å². The number of amides is 2. The van der Waals surface area contributed by atoms with Crippen LogP contribution in [0.3, 0.4) is 0 Å². The predicted octanol–water partition coefficient (Wildman–Crippen LogP) is 2.92. The zero-order valence-corrected chi connectivity index (χ0v) is 13.9. The van der Waals surface area contributed by atoms with E-state index in [1.54, 1.807) is 0 Å². The summed E-state index contributed by atoms with van der Waals surface area (Å²) in [7, 11) is 1.86. The Hall–Kier alpha value is -2.88. The van der Waals surface area contributed by atoms with E-state index in [4.69, 9.17) is 0 Å². The van der Waals surface area contributed by atoms with E-state index in [-0.39, 0.29) is 11.8 Å². The van der Waals surface area contributed by atoms with Gasteiger partial charge in [-0.2, -0.15) is 0 Å². The van der Waals surface area contributed by atoms with Crippen LogP contribution in [0.2, 0.25) is 0 Å². The highest BCUT2D eigenvalue weighted by atomic mass is 16.2. The fourth-order valence-electron chi connectivity index (χ4n) is 3.01. The fourth-order valence-corrected chi connectivity index (χ4v) is 3.01. The first kappa shape index (κ1) is 16.0. The van der Waals surface area contributed by atoms with E-state index in [1.165, 1.54) is 4.90 Å². The average molecular weight is 320 g/mol. The summed E-state index contributed by atoms with van der Waals surface area (Å²) in [6, 6.07) is 19.3. The molecule has 0 atom stereocenters. The Bertz CT molecular complexity index is 782. The Balaban J connectivity index is 2.03. The lowest BCUT2D eigenvalue weighted by atomic mass is 10.0. The van der Waals surface area contributed by atoms with E-state index < -0.39 is 0 Å². The molecule has 0 spiro atoms. The molecule has 0 radical (unpaired) electrons. The van der Waals surface area contributed by atoms with E-state index in [0.717, 1.165) is 11.1 Å². The monoisotopic (exact) mass is 320 g/mol. The van der Waals surface area contributed by atoms with Gasteiger partial charge in [-0.1, -0.05) is 60.7 Å². The maximum atomic E-state index is 12.8. The second-order valence-corrected chi connectivity index (χ2v) is 5.79. The number of rotatable bonds is 5. The number of likely N-dealkylation sites (N-methyl/N-ethyl adjacent to an activating group) is 2. The SMILES string of the molecule is CCN1C(=O)C(c2ccccc2)=C(N(C)Cc2ccccc2)C1=O. The summed E-state index contributed by atoms with van der Waals surface area (Å²) in [5.74, 6) is -0.441. The summed E-state index contributed by atoms with van der Waals surface area (Å²) >= 11 is 0. The largest absolute Gasteiger partial charge is 0.365 e. The standard InChI is InChI=1S/C20H20N2O2/c1-3-22-19(23)17(16-12-8-5-9-13-16)18(20(22)24)21(2)14-15-10-6-4-7-11-15/h4-13H,3,14H2,1-2H3. The molecule has 2 aromatic rings. The first-order valence-corrected chi connectivity index (χ1v) is 8.04. The summed E-state index contributed by atoms with van der Waals surface area (Å²) in [6.45, 7) is 2.76.